The van der Waals surface area contributed by atoms with Crippen LogP contribution in [0.15, 0.2) is 35.5 Å². The van der Waals surface area contributed by atoms with Crippen LogP contribution >= 0.6 is 0 Å². The van der Waals surface area contributed by atoms with Crippen LogP contribution in [0.2, 0.25) is 0 Å². The van der Waals surface area contributed by atoms with E-state index >= 15 is 0 Å². The molecule has 1 aliphatic carbocycles. The Kier molecular flexibility index (Phi) is 3.87. The van der Waals surface area contributed by atoms with Crippen LogP contribution in [0.5, 0.6) is 23.0 Å². The van der Waals surface area contributed by atoms with Crippen molar-refractivity contribution in [3.8, 4) is 23.0 Å². The molecule has 1 heterocycles. The average Bonchev–Trinajstić information content (AvgIpc) is 3.12. The molecule has 0 aromatic heterocycles. The fraction of sp³-hybridized carbons (Fsp3) is 0.316. The number of aryl methyl sites for hydroxylation is 1. The lowest BCUT2D eigenvalue weighted by atomic mass is 9.78. The van der Waals surface area contributed by atoms with Gasteiger partial charge in [-0.3, -0.25) is 0 Å². The van der Waals surface area contributed by atoms with E-state index in [4.69, 9.17) is 18.9 Å². The molecule has 0 spiro atoms. The van der Waals surface area contributed by atoms with Gasteiger partial charge in [0, 0.05) is 11.5 Å². The first-order chi connectivity index (χ1) is 12.2. The van der Waals surface area contributed by atoms with Gasteiger partial charge in [0.05, 0.1) is 19.9 Å². The van der Waals surface area contributed by atoms with Crippen molar-refractivity contribution in [2.24, 2.45) is 5.16 Å². The van der Waals surface area contributed by atoms with Crippen LogP contribution < -0.4 is 18.9 Å². The number of nitrogens with zero attached hydrogens (tertiary/aromatic N) is 1. The summed E-state index contributed by atoms with van der Waals surface area (Å²) in [6.45, 7) is 0.225. The summed E-state index contributed by atoms with van der Waals surface area (Å²) in [6.07, 6.45) is 1.70. The van der Waals surface area contributed by atoms with Crippen LogP contribution in [-0.2, 0) is 6.42 Å². The maximum absolute atomic E-state index is 9.71. The number of hydrogen-bond donors (Lipinski definition) is 1. The summed E-state index contributed by atoms with van der Waals surface area (Å²) in [7, 11) is 3.22. The van der Waals surface area contributed by atoms with Crippen LogP contribution in [0.25, 0.3) is 0 Å². The first-order valence-electron chi connectivity index (χ1n) is 8.12. The summed E-state index contributed by atoms with van der Waals surface area (Å²) in [6, 6.07) is 9.67. The smallest absolute Gasteiger partial charge is 0.231 e. The lowest BCUT2D eigenvalue weighted by Crippen LogP contribution is -2.22. The van der Waals surface area contributed by atoms with Crippen molar-refractivity contribution in [2.45, 2.75) is 18.8 Å². The topological polar surface area (TPSA) is 69.5 Å². The first kappa shape index (κ1) is 15.6. The second kappa shape index (κ2) is 6.20. The lowest BCUT2D eigenvalue weighted by molar-refractivity contribution is 0.174. The molecule has 0 amide bonds. The van der Waals surface area contributed by atoms with E-state index in [1.54, 1.807) is 14.2 Å². The quantitative estimate of drug-likeness (QED) is 0.685. The van der Waals surface area contributed by atoms with Crippen molar-refractivity contribution in [3.05, 3.63) is 47.0 Å². The Morgan fingerprint density at radius 3 is 2.52 bits per heavy atom. The third-order valence-electron chi connectivity index (χ3n) is 4.82. The predicted octanol–water partition coefficient (Wildman–Crippen LogP) is 3.34. The van der Waals surface area contributed by atoms with Gasteiger partial charge in [-0.1, -0.05) is 11.2 Å². The number of hydrogen-bond acceptors (Lipinski definition) is 6. The third-order valence-corrected chi connectivity index (χ3v) is 4.82. The zero-order valence-corrected chi connectivity index (χ0v) is 14.1. The average molecular weight is 341 g/mol. The summed E-state index contributed by atoms with van der Waals surface area (Å²) < 4.78 is 21.6. The molecule has 0 radical (unpaired) electrons. The highest BCUT2D eigenvalue weighted by Crippen LogP contribution is 2.42. The molecule has 2 aromatic carbocycles. The van der Waals surface area contributed by atoms with Gasteiger partial charge in [0.1, 0.15) is 0 Å². The Morgan fingerprint density at radius 2 is 1.80 bits per heavy atom. The summed E-state index contributed by atoms with van der Waals surface area (Å²) in [5.74, 6) is 2.74. The standard InChI is InChI=1S/C19H19NO5/c1-22-15-6-4-11(7-16(15)23-2)13-5-3-12-8-17-18(25-10-24-17)9-14(12)19(13)20-21/h4,6-9,13,21H,3,5,10H2,1-2H3/b20-19+. The van der Waals surface area contributed by atoms with Crippen molar-refractivity contribution < 1.29 is 24.2 Å². The van der Waals surface area contributed by atoms with E-state index in [9.17, 15) is 5.21 Å². The fourth-order valence-electron chi connectivity index (χ4n) is 3.57. The predicted molar refractivity (Wildman–Crippen MR) is 91.5 cm³/mol. The molecule has 6 heteroatoms. The van der Waals surface area contributed by atoms with Crippen molar-refractivity contribution in [2.75, 3.05) is 21.0 Å². The van der Waals surface area contributed by atoms with E-state index in [1.165, 1.54) is 0 Å². The molecule has 0 saturated heterocycles. The Morgan fingerprint density at radius 1 is 1.04 bits per heavy atom. The largest absolute Gasteiger partial charge is 0.493 e. The molecule has 25 heavy (non-hydrogen) atoms. The highest BCUT2D eigenvalue weighted by molar-refractivity contribution is 6.07. The van der Waals surface area contributed by atoms with Crippen molar-refractivity contribution in [3.63, 3.8) is 0 Å². The number of methoxy groups -OCH3 is 2. The highest BCUT2D eigenvalue weighted by atomic mass is 16.7. The maximum Gasteiger partial charge on any atom is 0.231 e. The highest BCUT2D eigenvalue weighted by Gasteiger charge is 2.30. The minimum atomic E-state index is -0.0299. The normalized spacial score (nSPS) is 19.6. The monoisotopic (exact) mass is 341 g/mol. The molecule has 0 fully saturated rings. The molecule has 6 nitrogen and oxygen atoms in total. The molecule has 0 saturated carbocycles. The van der Waals surface area contributed by atoms with Gasteiger partial charge in [-0.15, -0.1) is 0 Å². The summed E-state index contributed by atoms with van der Waals surface area (Å²) in [5.41, 5.74) is 3.66. The van der Waals surface area contributed by atoms with Crippen LogP contribution in [0.1, 0.15) is 29.0 Å². The van der Waals surface area contributed by atoms with Gasteiger partial charge in [0.15, 0.2) is 23.0 Å². The zero-order chi connectivity index (χ0) is 17.4. The molecule has 1 unspecified atom stereocenters. The Balaban J connectivity index is 1.75. The zero-order valence-electron chi connectivity index (χ0n) is 14.1. The third kappa shape index (κ3) is 2.54. The van der Waals surface area contributed by atoms with E-state index < -0.39 is 0 Å². The Bertz CT molecular complexity index is 846. The number of rotatable bonds is 3. The minimum absolute atomic E-state index is 0.0299. The lowest BCUT2D eigenvalue weighted by Gasteiger charge is -2.26. The molecule has 0 bridgehead atoms. The van der Waals surface area contributed by atoms with Crippen molar-refractivity contribution >= 4 is 5.71 Å². The van der Waals surface area contributed by atoms with E-state index in [-0.39, 0.29) is 12.7 Å². The maximum atomic E-state index is 9.71. The van der Waals surface area contributed by atoms with Crippen molar-refractivity contribution in [1.29, 1.82) is 0 Å². The number of ether oxygens (including phenoxy) is 4. The van der Waals surface area contributed by atoms with Gasteiger partial charge in [-0.2, -0.15) is 0 Å². The SMILES string of the molecule is COc1ccc(C2CCc3cc4c(cc3/C2=N/O)OCO4)cc1OC. The second-order valence-corrected chi connectivity index (χ2v) is 6.05. The number of benzene rings is 2. The van der Waals surface area contributed by atoms with E-state index in [1.807, 2.05) is 30.3 Å². The van der Waals surface area contributed by atoms with Gasteiger partial charge >= 0.3 is 0 Å². The molecule has 1 aliphatic heterocycles. The number of oxime groups is 1. The minimum Gasteiger partial charge on any atom is -0.493 e. The fourth-order valence-corrected chi connectivity index (χ4v) is 3.57. The van der Waals surface area contributed by atoms with E-state index in [0.717, 1.165) is 35.3 Å². The summed E-state index contributed by atoms with van der Waals surface area (Å²) >= 11 is 0. The van der Waals surface area contributed by atoms with Gasteiger partial charge in [0.2, 0.25) is 6.79 Å². The molecular formula is C19H19NO5. The van der Waals surface area contributed by atoms with Crippen LogP contribution in [-0.4, -0.2) is 31.9 Å². The van der Waals surface area contributed by atoms with Crippen molar-refractivity contribution in [1.82, 2.24) is 0 Å². The summed E-state index contributed by atoms with van der Waals surface area (Å²) in [5, 5.41) is 13.3. The summed E-state index contributed by atoms with van der Waals surface area (Å²) in [4.78, 5) is 0. The van der Waals surface area contributed by atoms with E-state index in [2.05, 4.69) is 5.16 Å². The Labute approximate surface area is 145 Å². The Hall–Kier alpha value is -2.89. The van der Waals surface area contributed by atoms with Gasteiger partial charge in [-0.25, -0.2) is 0 Å². The first-order valence-corrected chi connectivity index (χ1v) is 8.12. The second-order valence-electron chi connectivity index (χ2n) is 6.05. The molecule has 1 N–H and O–H groups in total. The van der Waals surface area contributed by atoms with Crippen LogP contribution in [0.3, 0.4) is 0 Å². The molecule has 2 aliphatic rings. The molecule has 1 atom stereocenters. The van der Waals surface area contributed by atoms with E-state index in [0.29, 0.717) is 23.0 Å². The van der Waals surface area contributed by atoms with Crippen LogP contribution in [0, 0.1) is 0 Å². The van der Waals surface area contributed by atoms with Gasteiger partial charge in [-0.05, 0) is 48.2 Å². The van der Waals surface area contributed by atoms with Gasteiger partial charge in [0.25, 0.3) is 0 Å². The van der Waals surface area contributed by atoms with Gasteiger partial charge < -0.3 is 24.2 Å². The molecular weight excluding hydrogens is 322 g/mol. The molecule has 2 aromatic rings. The van der Waals surface area contributed by atoms with Crippen LogP contribution in [0.4, 0.5) is 0 Å². The molecule has 4 rings (SSSR count). The number of fused-ring (bicyclic) bond motifs is 2. The molecule has 130 valence electrons.